The third kappa shape index (κ3) is 7.37. The SMILES string of the molecule is C=C1CC2C(CCc3ccc4c(sc5cc(-c6cc(C)c(F)c(C)c6)ccc54)c3-c3n(-c4c(-c5ccccc5)cccc4C(C)(C)C)c4cc(F)ccc4[n+]31)c1ccccc1-c1ccc([Si](C)(C)C)c[n+]12. The number of allylic oxidation sites excluding steroid dienone is 1. The standard InChI is InChI=1S/C64H59F2N3SSi/c1-38-32-44(33-39(2)60(38)66)43-24-28-51-52-29-23-42-22-27-50-48-18-13-14-19-49(48)54-31-26-46(71(7,8)9)37-67(54)56(50)34-40(3)68-55-30-25-45(65)36-57(55)69(63(68)59(42)62(52)70-58(51)35-43)61-47(41-16-11-10-12-17-41)20-15-21-53(61)64(4,5)6/h10-21,23-26,28-33,35-37,50,56H,3,22,27,34H2,1-2,4-9H3/q+2. The highest BCUT2D eigenvalue weighted by molar-refractivity contribution is 7.26. The van der Waals surface area contributed by atoms with E-state index in [2.05, 4.69) is 176 Å². The molecule has 5 heterocycles. The van der Waals surface area contributed by atoms with Crippen molar-refractivity contribution in [1.29, 1.82) is 0 Å². The van der Waals surface area contributed by atoms with Gasteiger partial charge in [0, 0.05) is 55.4 Å². The van der Waals surface area contributed by atoms with E-state index in [-0.39, 0.29) is 29.0 Å². The van der Waals surface area contributed by atoms with Gasteiger partial charge in [-0.25, -0.2) is 8.78 Å². The van der Waals surface area contributed by atoms with E-state index in [0.717, 1.165) is 79.2 Å². The molecule has 7 heteroatoms. The number of hydrogen-bond acceptors (Lipinski definition) is 1. The Bertz CT molecular complexity index is 3820. The molecule has 0 amide bonds. The van der Waals surface area contributed by atoms with Gasteiger partial charge in [-0.1, -0.05) is 144 Å². The summed E-state index contributed by atoms with van der Waals surface area (Å²) in [5.74, 6) is 0.744. The van der Waals surface area contributed by atoms with Crippen LogP contribution in [0.15, 0.2) is 158 Å². The molecule has 0 saturated heterocycles. The molecule has 7 aromatic carbocycles. The number of para-hydroxylation sites is 1. The normalized spacial score (nSPS) is 15.9. The first-order valence-corrected chi connectivity index (χ1v) is 29.4. The summed E-state index contributed by atoms with van der Waals surface area (Å²) in [6.45, 7) is 23.0. The number of aromatic nitrogens is 3. The summed E-state index contributed by atoms with van der Waals surface area (Å²) < 4.78 is 41.1. The maximum Gasteiger partial charge on any atom is 0.301 e. The molecular weight excluding hydrogens is 909 g/mol. The Balaban J connectivity index is 1.21. The van der Waals surface area contributed by atoms with Crippen LogP contribution in [0.3, 0.4) is 0 Å². The lowest BCUT2D eigenvalue weighted by atomic mass is 9.77. The second-order valence-electron chi connectivity index (χ2n) is 22.2. The number of hydrogen-bond donors (Lipinski definition) is 0. The van der Waals surface area contributed by atoms with E-state index in [1.165, 1.54) is 43.0 Å². The Morgan fingerprint density at radius 1 is 0.718 bits per heavy atom. The molecule has 12 rings (SSSR count). The lowest BCUT2D eigenvalue weighted by Crippen LogP contribution is -2.53. The average molecular weight is 968 g/mol. The van der Waals surface area contributed by atoms with Crippen LogP contribution >= 0.6 is 11.3 Å². The van der Waals surface area contributed by atoms with Crippen molar-refractivity contribution in [1.82, 2.24) is 4.57 Å². The van der Waals surface area contributed by atoms with Crippen molar-refractivity contribution in [2.24, 2.45) is 0 Å². The minimum absolute atomic E-state index is 0.0800. The highest BCUT2D eigenvalue weighted by Crippen LogP contribution is 2.50. The van der Waals surface area contributed by atoms with Crippen LogP contribution < -0.4 is 14.3 Å². The summed E-state index contributed by atoms with van der Waals surface area (Å²) in [7, 11) is -1.71. The van der Waals surface area contributed by atoms with E-state index in [0.29, 0.717) is 17.5 Å². The zero-order valence-electron chi connectivity index (χ0n) is 41.9. The molecule has 0 spiro atoms. The third-order valence-electron chi connectivity index (χ3n) is 15.5. The largest absolute Gasteiger partial charge is 0.301 e. The van der Waals surface area contributed by atoms with Gasteiger partial charge >= 0.3 is 5.82 Å². The van der Waals surface area contributed by atoms with Gasteiger partial charge in [-0.15, -0.1) is 11.3 Å². The molecule has 71 heavy (non-hydrogen) atoms. The van der Waals surface area contributed by atoms with E-state index >= 15 is 4.39 Å². The number of pyridine rings is 1. The van der Waals surface area contributed by atoms with Gasteiger partial charge in [-0.2, -0.15) is 13.7 Å². The molecule has 10 aromatic rings. The van der Waals surface area contributed by atoms with Crippen molar-refractivity contribution >= 4 is 61.5 Å². The Hall–Kier alpha value is -6.80. The zero-order chi connectivity index (χ0) is 49.2. The van der Waals surface area contributed by atoms with Crippen LogP contribution in [0, 0.1) is 25.5 Å². The molecule has 0 radical (unpaired) electrons. The summed E-state index contributed by atoms with van der Waals surface area (Å²) in [6, 6.07) is 51.9. The first kappa shape index (κ1) is 45.3. The average Bonchev–Trinajstić information content (AvgIpc) is 3.89. The lowest BCUT2D eigenvalue weighted by molar-refractivity contribution is -0.719. The Labute approximate surface area is 421 Å². The van der Waals surface area contributed by atoms with Crippen LogP contribution in [0.25, 0.3) is 87.5 Å². The minimum Gasteiger partial charge on any atom is -0.207 e. The van der Waals surface area contributed by atoms with E-state index in [1.54, 1.807) is 12.1 Å². The van der Waals surface area contributed by atoms with Crippen LogP contribution in [0.2, 0.25) is 19.6 Å². The second kappa shape index (κ2) is 16.6. The van der Waals surface area contributed by atoms with Crippen LogP contribution in [-0.2, 0) is 11.8 Å². The number of fused-ring (bicyclic) bond motifs is 15. The lowest BCUT2D eigenvalue weighted by Gasteiger charge is -2.32. The van der Waals surface area contributed by atoms with Crippen molar-refractivity contribution in [3.63, 3.8) is 0 Å². The molecule has 2 atom stereocenters. The van der Waals surface area contributed by atoms with E-state index in [4.69, 9.17) is 6.58 Å². The minimum atomic E-state index is -1.71. The van der Waals surface area contributed by atoms with Gasteiger partial charge in [0.2, 0.25) is 5.69 Å². The summed E-state index contributed by atoms with van der Waals surface area (Å²) in [4.78, 5) is 0. The van der Waals surface area contributed by atoms with Gasteiger partial charge in [0.15, 0.2) is 23.3 Å². The van der Waals surface area contributed by atoms with E-state index in [9.17, 15) is 4.39 Å². The van der Waals surface area contributed by atoms with Crippen molar-refractivity contribution in [3.05, 3.63) is 198 Å². The molecule has 0 fully saturated rings. The van der Waals surface area contributed by atoms with Crippen LogP contribution in [0.4, 0.5) is 8.78 Å². The molecule has 352 valence electrons. The molecule has 3 aromatic heterocycles. The summed E-state index contributed by atoms with van der Waals surface area (Å²) >= 11 is 1.82. The number of imidazole rings is 1. The van der Waals surface area contributed by atoms with Crippen molar-refractivity contribution in [2.45, 2.75) is 90.9 Å². The van der Waals surface area contributed by atoms with E-state index in [1.807, 2.05) is 43.4 Å². The van der Waals surface area contributed by atoms with Gasteiger partial charge in [-0.3, -0.25) is 0 Å². The first-order chi connectivity index (χ1) is 34.0. The molecule has 2 unspecified atom stereocenters. The fourth-order valence-corrected chi connectivity index (χ4v) is 14.4. The van der Waals surface area contributed by atoms with Crippen LogP contribution in [0.1, 0.15) is 73.4 Å². The number of rotatable bonds is 4. The van der Waals surface area contributed by atoms with Crippen molar-refractivity contribution in [3.8, 4) is 50.6 Å². The summed E-state index contributed by atoms with van der Waals surface area (Å²) in [5, 5.41) is 3.78. The third-order valence-corrected chi connectivity index (χ3v) is 18.7. The number of nitrogens with zero attached hydrogens (tertiary/aromatic N) is 3. The Morgan fingerprint density at radius 3 is 2.21 bits per heavy atom. The first-order valence-electron chi connectivity index (χ1n) is 25.1. The zero-order valence-corrected chi connectivity index (χ0v) is 43.7. The molecule has 0 saturated carbocycles. The number of halogens is 2. The maximum atomic E-state index is 16.4. The fraction of sp³-hybridized carbons (Fsp3) is 0.219. The van der Waals surface area contributed by atoms with Gasteiger partial charge in [0.05, 0.1) is 24.8 Å². The van der Waals surface area contributed by atoms with Crippen LogP contribution in [0.5, 0.6) is 0 Å². The quantitative estimate of drug-likeness (QED) is 0.123. The number of aryl methyl sites for hydroxylation is 3. The molecular formula is C64H59F2N3SSi+2. The van der Waals surface area contributed by atoms with Gasteiger partial charge in [0.1, 0.15) is 23.0 Å². The highest BCUT2D eigenvalue weighted by Gasteiger charge is 2.45. The van der Waals surface area contributed by atoms with Gasteiger partial charge in [0.25, 0.3) is 0 Å². The highest BCUT2D eigenvalue weighted by atomic mass is 32.1. The molecule has 0 N–H and O–H groups in total. The predicted octanol–water partition coefficient (Wildman–Crippen LogP) is 16.1. The maximum absolute atomic E-state index is 16.4. The summed E-state index contributed by atoms with van der Waals surface area (Å²) in [5.41, 5.74) is 16.4. The fourth-order valence-electron chi connectivity index (χ4n) is 12.0. The monoisotopic (exact) mass is 967 g/mol. The van der Waals surface area contributed by atoms with Crippen molar-refractivity contribution in [2.75, 3.05) is 0 Å². The molecule has 0 aliphatic carbocycles. The Morgan fingerprint density at radius 2 is 1.45 bits per heavy atom. The molecule has 2 aliphatic heterocycles. The molecule has 0 bridgehead atoms. The van der Waals surface area contributed by atoms with Crippen molar-refractivity contribution < 1.29 is 17.9 Å². The van der Waals surface area contributed by atoms with Gasteiger partial charge < -0.3 is 0 Å². The molecule has 3 nitrogen and oxygen atoms in total. The smallest absolute Gasteiger partial charge is 0.207 e. The Kier molecular flexibility index (Phi) is 10.6. The van der Waals surface area contributed by atoms with Crippen LogP contribution in [-0.4, -0.2) is 12.6 Å². The molecule has 2 aliphatic rings. The van der Waals surface area contributed by atoms with Gasteiger partial charge in [-0.05, 0) is 107 Å². The van der Waals surface area contributed by atoms with E-state index < -0.39 is 8.07 Å². The predicted molar refractivity (Wildman–Crippen MR) is 296 cm³/mol. The number of thiophene rings is 1. The summed E-state index contributed by atoms with van der Waals surface area (Å²) in [6.07, 6.45) is 4.91. The topological polar surface area (TPSA) is 12.7 Å². The number of benzene rings is 7. The second-order valence-corrected chi connectivity index (χ2v) is 28.3.